The Bertz CT molecular complexity index is 401. The number of hydrogen-bond donors (Lipinski definition) is 1. The van der Waals surface area contributed by atoms with Crippen molar-refractivity contribution < 1.29 is 0 Å². The normalized spacial score (nSPS) is 11.7. The zero-order chi connectivity index (χ0) is 15.2. The zero-order valence-electron chi connectivity index (χ0n) is 13.7. The number of nitrogens with two attached hydrogens (primary N) is 1. The molecule has 1 aromatic heterocycles. The fourth-order valence-corrected chi connectivity index (χ4v) is 1.99. The lowest BCUT2D eigenvalue weighted by molar-refractivity contribution is 0.543. The van der Waals surface area contributed by atoms with Crippen molar-refractivity contribution in [3.63, 3.8) is 0 Å². The van der Waals surface area contributed by atoms with E-state index in [1.54, 1.807) is 0 Å². The van der Waals surface area contributed by atoms with Gasteiger partial charge in [-0.1, -0.05) is 47.5 Å². The van der Waals surface area contributed by atoms with E-state index in [0.717, 1.165) is 24.7 Å². The van der Waals surface area contributed by atoms with E-state index in [1.165, 1.54) is 25.7 Å². The molecule has 0 atom stereocenters. The largest absolute Gasteiger partial charge is 0.384 e. The van der Waals surface area contributed by atoms with Crippen LogP contribution in [-0.4, -0.2) is 23.1 Å². The van der Waals surface area contributed by atoms with Crippen LogP contribution in [0.15, 0.2) is 6.07 Å². The molecule has 0 bridgehead atoms. The molecule has 20 heavy (non-hydrogen) atoms. The first-order valence-electron chi connectivity index (χ1n) is 7.78. The highest BCUT2D eigenvalue weighted by molar-refractivity contribution is 5.47. The Kier molecular flexibility index (Phi) is 6.24. The summed E-state index contributed by atoms with van der Waals surface area (Å²) in [6.45, 7) is 12.9. The highest BCUT2D eigenvalue weighted by atomic mass is 15.2. The lowest BCUT2D eigenvalue weighted by atomic mass is 9.96. The summed E-state index contributed by atoms with van der Waals surface area (Å²) in [5.41, 5.74) is 5.90. The minimum absolute atomic E-state index is 0.0781. The highest BCUT2D eigenvalue weighted by Crippen LogP contribution is 2.23. The van der Waals surface area contributed by atoms with Gasteiger partial charge < -0.3 is 10.6 Å². The van der Waals surface area contributed by atoms with Gasteiger partial charge in [0.25, 0.3) is 0 Å². The molecule has 1 heterocycles. The van der Waals surface area contributed by atoms with Crippen molar-refractivity contribution >= 4 is 11.6 Å². The quantitative estimate of drug-likeness (QED) is 0.825. The molecule has 0 spiro atoms. The van der Waals surface area contributed by atoms with Crippen LogP contribution in [0.25, 0.3) is 0 Å². The minimum atomic E-state index is -0.0781. The summed E-state index contributed by atoms with van der Waals surface area (Å²) < 4.78 is 0. The van der Waals surface area contributed by atoms with E-state index in [9.17, 15) is 0 Å². The highest BCUT2D eigenvalue weighted by Gasteiger charge is 2.20. The molecule has 0 saturated carbocycles. The Morgan fingerprint density at radius 3 is 2.05 bits per heavy atom. The first-order chi connectivity index (χ1) is 9.38. The number of rotatable bonds is 7. The van der Waals surface area contributed by atoms with Crippen LogP contribution in [0, 0.1) is 0 Å². The van der Waals surface area contributed by atoms with Crippen LogP contribution in [0.3, 0.4) is 0 Å². The average Bonchev–Trinajstić information content (AvgIpc) is 2.37. The Morgan fingerprint density at radius 2 is 1.60 bits per heavy atom. The van der Waals surface area contributed by atoms with E-state index in [4.69, 9.17) is 10.7 Å². The molecule has 114 valence electrons. The number of nitrogen functional groups attached to an aromatic ring is 1. The van der Waals surface area contributed by atoms with Crippen LogP contribution < -0.4 is 10.6 Å². The van der Waals surface area contributed by atoms with Crippen LogP contribution in [0.1, 0.15) is 66.1 Å². The summed E-state index contributed by atoms with van der Waals surface area (Å²) in [5.74, 6) is 2.37. The van der Waals surface area contributed by atoms with Gasteiger partial charge in [-0.2, -0.15) is 0 Å². The third kappa shape index (κ3) is 4.99. The number of hydrogen-bond acceptors (Lipinski definition) is 4. The van der Waals surface area contributed by atoms with Crippen LogP contribution in [-0.2, 0) is 5.41 Å². The summed E-state index contributed by atoms with van der Waals surface area (Å²) in [5, 5.41) is 0. The van der Waals surface area contributed by atoms with E-state index in [-0.39, 0.29) is 5.41 Å². The lowest BCUT2D eigenvalue weighted by Crippen LogP contribution is -2.28. The van der Waals surface area contributed by atoms with Crippen molar-refractivity contribution in [3.05, 3.63) is 11.9 Å². The predicted octanol–water partition coefficient (Wildman–Crippen LogP) is 3.76. The monoisotopic (exact) mass is 278 g/mol. The average molecular weight is 278 g/mol. The van der Waals surface area contributed by atoms with Gasteiger partial charge in [-0.25, -0.2) is 9.97 Å². The van der Waals surface area contributed by atoms with Gasteiger partial charge in [-0.3, -0.25) is 0 Å². The van der Waals surface area contributed by atoms with Crippen LogP contribution >= 0.6 is 0 Å². The van der Waals surface area contributed by atoms with Crippen molar-refractivity contribution in [2.75, 3.05) is 23.7 Å². The fourth-order valence-electron chi connectivity index (χ4n) is 1.99. The van der Waals surface area contributed by atoms with E-state index in [0.29, 0.717) is 5.82 Å². The number of unbranched alkanes of at least 4 members (excludes halogenated alkanes) is 2. The number of aromatic nitrogens is 2. The van der Waals surface area contributed by atoms with Gasteiger partial charge >= 0.3 is 0 Å². The maximum atomic E-state index is 5.97. The topological polar surface area (TPSA) is 55.0 Å². The Morgan fingerprint density at radius 1 is 1.05 bits per heavy atom. The second-order valence-corrected chi connectivity index (χ2v) is 6.42. The molecule has 0 aliphatic carbocycles. The zero-order valence-corrected chi connectivity index (χ0v) is 13.7. The molecule has 0 amide bonds. The van der Waals surface area contributed by atoms with E-state index in [2.05, 4.69) is 44.5 Å². The van der Waals surface area contributed by atoms with Gasteiger partial charge in [0.2, 0.25) is 0 Å². The summed E-state index contributed by atoms with van der Waals surface area (Å²) in [6, 6.07) is 1.90. The maximum Gasteiger partial charge on any atom is 0.138 e. The van der Waals surface area contributed by atoms with Crippen molar-refractivity contribution in [2.45, 2.75) is 65.7 Å². The SMILES string of the molecule is CCCCN(CCCC)c1cc(N)nc(C(C)(C)C)n1. The third-order valence-electron chi connectivity index (χ3n) is 3.29. The van der Waals surface area contributed by atoms with E-state index >= 15 is 0 Å². The summed E-state index contributed by atoms with van der Waals surface area (Å²) in [7, 11) is 0. The molecule has 4 nitrogen and oxygen atoms in total. The molecule has 0 saturated heterocycles. The molecule has 4 heteroatoms. The molecular formula is C16H30N4. The second-order valence-electron chi connectivity index (χ2n) is 6.42. The van der Waals surface area contributed by atoms with E-state index in [1.807, 2.05) is 6.07 Å². The predicted molar refractivity (Wildman–Crippen MR) is 87.2 cm³/mol. The van der Waals surface area contributed by atoms with Crippen molar-refractivity contribution in [2.24, 2.45) is 0 Å². The molecule has 1 rings (SSSR count). The first-order valence-corrected chi connectivity index (χ1v) is 7.78. The van der Waals surface area contributed by atoms with Crippen LogP contribution in [0.2, 0.25) is 0 Å². The molecule has 0 aromatic carbocycles. The minimum Gasteiger partial charge on any atom is -0.384 e. The van der Waals surface area contributed by atoms with Gasteiger partial charge in [-0.15, -0.1) is 0 Å². The van der Waals surface area contributed by atoms with Crippen molar-refractivity contribution in [1.82, 2.24) is 9.97 Å². The molecule has 0 radical (unpaired) electrons. The van der Waals surface area contributed by atoms with Crippen LogP contribution in [0.5, 0.6) is 0 Å². The Balaban J connectivity index is 3.02. The summed E-state index contributed by atoms with van der Waals surface area (Å²) in [6.07, 6.45) is 4.74. The third-order valence-corrected chi connectivity index (χ3v) is 3.29. The van der Waals surface area contributed by atoms with Gasteiger partial charge in [0.15, 0.2) is 0 Å². The molecule has 0 fully saturated rings. The molecule has 2 N–H and O–H groups in total. The van der Waals surface area contributed by atoms with Crippen molar-refractivity contribution in [3.8, 4) is 0 Å². The Hall–Kier alpha value is -1.32. The van der Waals surface area contributed by atoms with Gasteiger partial charge in [0.1, 0.15) is 17.5 Å². The van der Waals surface area contributed by atoms with E-state index < -0.39 is 0 Å². The van der Waals surface area contributed by atoms with Crippen molar-refractivity contribution in [1.29, 1.82) is 0 Å². The molecule has 0 aliphatic heterocycles. The molecule has 1 aromatic rings. The maximum absolute atomic E-state index is 5.97. The lowest BCUT2D eigenvalue weighted by Gasteiger charge is -2.26. The van der Waals surface area contributed by atoms with Gasteiger partial charge in [0, 0.05) is 24.6 Å². The Labute approximate surface area is 123 Å². The van der Waals surface area contributed by atoms with Gasteiger partial charge in [-0.05, 0) is 12.8 Å². The fraction of sp³-hybridized carbons (Fsp3) is 0.750. The summed E-state index contributed by atoms with van der Waals surface area (Å²) >= 11 is 0. The summed E-state index contributed by atoms with van der Waals surface area (Å²) in [4.78, 5) is 11.5. The first kappa shape index (κ1) is 16.7. The van der Waals surface area contributed by atoms with Crippen LogP contribution in [0.4, 0.5) is 11.6 Å². The second kappa shape index (κ2) is 7.46. The number of nitrogens with zero attached hydrogens (tertiary/aromatic N) is 3. The molecule has 0 aliphatic rings. The smallest absolute Gasteiger partial charge is 0.138 e. The molecular weight excluding hydrogens is 248 g/mol. The number of anilines is 2. The van der Waals surface area contributed by atoms with Gasteiger partial charge in [0.05, 0.1) is 0 Å². The molecule has 0 unspecified atom stereocenters. The standard InChI is InChI=1S/C16H30N4/c1-6-8-10-20(11-9-7-2)14-12-13(17)18-15(19-14)16(3,4)5/h12H,6-11H2,1-5H3,(H2,17,18,19).